The fourth-order valence-electron chi connectivity index (χ4n) is 1.45. The Labute approximate surface area is 86.9 Å². The Morgan fingerprint density at radius 2 is 1.71 bits per heavy atom. The van der Waals surface area contributed by atoms with Gasteiger partial charge in [0.15, 0.2) is 0 Å². The average molecular weight is 206 g/mol. The van der Waals surface area contributed by atoms with Crippen LogP contribution < -0.4 is 5.46 Å². The molecular formula is C10H8BClO2. The van der Waals surface area contributed by atoms with Crippen LogP contribution in [-0.4, -0.2) is 17.2 Å². The van der Waals surface area contributed by atoms with E-state index in [9.17, 15) is 0 Å². The summed E-state index contributed by atoms with van der Waals surface area (Å²) in [5, 5.41) is 20.3. The minimum Gasteiger partial charge on any atom is -0.423 e. The van der Waals surface area contributed by atoms with E-state index >= 15 is 0 Å². The largest absolute Gasteiger partial charge is 0.489 e. The molecule has 14 heavy (non-hydrogen) atoms. The molecule has 0 radical (unpaired) electrons. The summed E-state index contributed by atoms with van der Waals surface area (Å²) in [7, 11) is -1.52. The van der Waals surface area contributed by atoms with Crippen LogP contribution in [0.3, 0.4) is 0 Å². The standard InChI is InChI=1S/C10H8BClO2/c12-10-8-4-2-1-3-7(8)5-6-9(10)11(13)14/h1-6,13-14H. The molecule has 0 aliphatic rings. The minimum atomic E-state index is -1.52. The SMILES string of the molecule is OB(O)c1ccc2ccccc2c1Cl. The number of hydrogen-bond donors (Lipinski definition) is 2. The summed E-state index contributed by atoms with van der Waals surface area (Å²) in [6.07, 6.45) is 0. The predicted molar refractivity (Wildman–Crippen MR) is 58.8 cm³/mol. The van der Waals surface area contributed by atoms with E-state index in [1.165, 1.54) is 0 Å². The van der Waals surface area contributed by atoms with Gasteiger partial charge < -0.3 is 10.0 Å². The lowest BCUT2D eigenvalue weighted by Crippen LogP contribution is -2.30. The molecule has 0 unspecified atom stereocenters. The van der Waals surface area contributed by atoms with E-state index in [4.69, 9.17) is 21.6 Å². The van der Waals surface area contributed by atoms with Crippen molar-refractivity contribution in [2.45, 2.75) is 0 Å². The van der Waals surface area contributed by atoms with E-state index in [0.717, 1.165) is 10.8 Å². The van der Waals surface area contributed by atoms with E-state index in [0.29, 0.717) is 10.5 Å². The maximum Gasteiger partial charge on any atom is 0.489 e. The van der Waals surface area contributed by atoms with Crippen molar-refractivity contribution >= 4 is 35.0 Å². The second-order valence-corrected chi connectivity index (χ2v) is 3.44. The third-order valence-corrected chi connectivity index (χ3v) is 2.59. The van der Waals surface area contributed by atoms with Gasteiger partial charge in [-0.1, -0.05) is 48.0 Å². The van der Waals surface area contributed by atoms with Gasteiger partial charge in [0, 0.05) is 10.5 Å². The van der Waals surface area contributed by atoms with Crippen molar-refractivity contribution in [1.29, 1.82) is 0 Å². The molecule has 0 aliphatic heterocycles. The van der Waals surface area contributed by atoms with E-state index < -0.39 is 7.12 Å². The van der Waals surface area contributed by atoms with Gasteiger partial charge in [-0.05, 0) is 10.8 Å². The molecule has 0 heterocycles. The molecule has 0 aliphatic carbocycles. The third-order valence-electron chi connectivity index (χ3n) is 2.17. The van der Waals surface area contributed by atoms with Gasteiger partial charge in [-0.15, -0.1) is 0 Å². The Kier molecular flexibility index (Phi) is 2.46. The molecule has 0 atom stereocenters. The molecule has 2 aromatic carbocycles. The van der Waals surface area contributed by atoms with Crippen LogP contribution in [0.15, 0.2) is 36.4 Å². The van der Waals surface area contributed by atoms with Gasteiger partial charge in [0.05, 0.1) is 0 Å². The second kappa shape index (κ2) is 3.61. The number of fused-ring (bicyclic) bond motifs is 1. The molecule has 70 valence electrons. The summed E-state index contributed by atoms with van der Waals surface area (Å²) < 4.78 is 0. The van der Waals surface area contributed by atoms with Crippen LogP contribution in [0.1, 0.15) is 0 Å². The molecule has 0 saturated carbocycles. The molecular weight excluding hydrogens is 198 g/mol. The summed E-state index contributed by atoms with van der Waals surface area (Å²) in [4.78, 5) is 0. The molecule has 0 amide bonds. The van der Waals surface area contributed by atoms with Crippen LogP contribution in [0.25, 0.3) is 10.8 Å². The summed E-state index contributed by atoms with van der Waals surface area (Å²) in [6, 6.07) is 11.0. The number of halogens is 1. The Morgan fingerprint density at radius 3 is 2.43 bits per heavy atom. The molecule has 0 fully saturated rings. The van der Waals surface area contributed by atoms with Crippen LogP contribution in [0.2, 0.25) is 5.02 Å². The van der Waals surface area contributed by atoms with Crippen LogP contribution in [0.5, 0.6) is 0 Å². The lowest BCUT2D eigenvalue weighted by molar-refractivity contribution is 0.426. The number of rotatable bonds is 1. The van der Waals surface area contributed by atoms with Crippen molar-refractivity contribution in [3.8, 4) is 0 Å². The van der Waals surface area contributed by atoms with Gasteiger partial charge in [-0.3, -0.25) is 0 Å². The first-order valence-electron chi connectivity index (χ1n) is 4.23. The summed E-state index contributed by atoms with van der Waals surface area (Å²) in [5.41, 5.74) is 0.338. The highest BCUT2D eigenvalue weighted by atomic mass is 35.5. The first-order valence-corrected chi connectivity index (χ1v) is 4.61. The first kappa shape index (κ1) is 9.53. The molecule has 0 aromatic heterocycles. The lowest BCUT2D eigenvalue weighted by Gasteiger charge is -2.06. The van der Waals surface area contributed by atoms with E-state index in [1.807, 2.05) is 30.3 Å². The Morgan fingerprint density at radius 1 is 1.00 bits per heavy atom. The smallest absolute Gasteiger partial charge is 0.423 e. The van der Waals surface area contributed by atoms with Gasteiger partial charge in [0.2, 0.25) is 0 Å². The summed E-state index contributed by atoms with van der Waals surface area (Å²) >= 11 is 6.02. The maximum atomic E-state index is 9.04. The van der Waals surface area contributed by atoms with Crippen LogP contribution in [-0.2, 0) is 0 Å². The molecule has 2 N–H and O–H groups in total. The molecule has 0 saturated heterocycles. The van der Waals surface area contributed by atoms with Crippen LogP contribution in [0, 0.1) is 0 Å². The summed E-state index contributed by atoms with van der Waals surface area (Å²) in [6.45, 7) is 0. The molecule has 2 nitrogen and oxygen atoms in total. The molecule has 2 rings (SSSR count). The summed E-state index contributed by atoms with van der Waals surface area (Å²) in [5.74, 6) is 0. The van der Waals surface area contributed by atoms with Gasteiger partial charge in [-0.25, -0.2) is 0 Å². The monoisotopic (exact) mass is 206 g/mol. The minimum absolute atomic E-state index is 0.338. The lowest BCUT2D eigenvalue weighted by atomic mass is 9.79. The highest BCUT2D eigenvalue weighted by molar-refractivity contribution is 6.63. The van der Waals surface area contributed by atoms with E-state index in [2.05, 4.69) is 0 Å². The van der Waals surface area contributed by atoms with Crippen LogP contribution in [0.4, 0.5) is 0 Å². The van der Waals surface area contributed by atoms with Gasteiger partial charge in [0.25, 0.3) is 0 Å². The maximum absolute atomic E-state index is 9.04. The molecule has 4 heteroatoms. The number of benzene rings is 2. The second-order valence-electron chi connectivity index (χ2n) is 3.06. The molecule has 2 aromatic rings. The van der Waals surface area contributed by atoms with Crippen molar-refractivity contribution in [1.82, 2.24) is 0 Å². The van der Waals surface area contributed by atoms with Crippen molar-refractivity contribution < 1.29 is 10.0 Å². The zero-order chi connectivity index (χ0) is 10.1. The van der Waals surface area contributed by atoms with Gasteiger partial charge in [-0.2, -0.15) is 0 Å². The Balaban J connectivity index is 2.75. The fourth-order valence-corrected chi connectivity index (χ4v) is 1.78. The highest BCUT2D eigenvalue weighted by Crippen LogP contribution is 2.21. The van der Waals surface area contributed by atoms with Crippen molar-refractivity contribution in [3.05, 3.63) is 41.4 Å². The molecule has 0 bridgehead atoms. The van der Waals surface area contributed by atoms with Crippen molar-refractivity contribution in [2.24, 2.45) is 0 Å². The topological polar surface area (TPSA) is 40.5 Å². The van der Waals surface area contributed by atoms with Gasteiger partial charge in [0.1, 0.15) is 0 Å². The Bertz CT molecular complexity index is 471. The normalized spacial score (nSPS) is 10.5. The average Bonchev–Trinajstić information content (AvgIpc) is 2.18. The first-order chi connectivity index (χ1) is 6.70. The quantitative estimate of drug-likeness (QED) is 0.688. The zero-order valence-electron chi connectivity index (χ0n) is 7.31. The molecule has 0 spiro atoms. The van der Waals surface area contributed by atoms with E-state index in [-0.39, 0.29) is 0 Å². The Hall–Kier alpha value is -1.03. The zero-order valence-corrected chi connectivity index (χ0v) is 8.07. The fraction of sp³-hybridized carbons (Fsp3) is 0. The number of hydrogen-bond acceptors (Lipinski definition) is 2. The third kappa shape index (κ3) is 1.50. The predicted octanol–water partition coefficient (Wildman–Crippen LogP) is 1.17. The van der Waals surface area contributed by atoms with E-state index in [1.54, 1.807) is 6.07 Å². The van der Waals surface area contributed by atoms with Crippen LogP contribution >= 0.6 is 11.6 Å². The van der Waals surface area contributed by atoms with Gasteiger partial charge >= 0.3 is 7.12 Å². The van der Waals surface area contributed by atoms with Crippen molar-refractivity contribution in [2.75, 3.05) is 0 Å². The van der Waals surface area contributed by atoms with Crippen molar-refractivity contribution in [3.63, 3.8) is 0 Å². The highest BCUT2D eigenvalue weighted by Gasteiger charge is 2.16.